The SMILES string of the molecule is COc1ccccc1NC(=O)C1c2ccccc2C(=O)N(CC2CCCO2)C12CCCC2. The Balaban J connectivity index is 1.57. The van der Waals surface area contributed by atoms with Gasteiger partial charge in [-0.1, -0.05) is 43.2 Å². The van der Waals surface area contributed by atoms with Crippen LogP contribution < -0.4 is 10.1 Å². The number of carbonyl (C=O) groups is 2. The van der Waals surface area contributed by atoms with Crippen molar-refractivity contribution >= 4 is 17.5 Å². The molecule has 32 heavy (non-hydrogen) atoms. The normalized spacial score (nSPS) is 23.9. The third kappa shape index (κ3) is 3.47. The lowest BCUT2D eigenvalue weighted by Crippen LogP contribution is -2.61. The lowest BCUT2D eigenvalue weighted by molar-refractivity contribution is -0.121. The second kappa shape index (κ2) is 8.58. The molecule has 3 aliphatic rings. The maximum absolute atomic E-state index is 13.9. The first-order valence-electron chi connectivity index (χ1n) is 11.6. The van der Waals surface area contributed by atoms with E-state index in [2.05, 4.69) is 5.32 Å². The fraction of sp³-hybridized carbons (Fsp3) is 0.462. The number of anilines is 1. The van der Waals surface area contributed by atoms with Gasteiger partial charge in [0.25, 0.3) is 5.91 Å². The highest BCUT2D eigenvalue weighted by Gasteiger charge is 2.56. The lowest BCUT2D eigenvalue weighted by Gasteiger charge is -2.50. The number of ether oxygens (including phenoxy) is 2. The number of hydrogen-bond donors (Lipinski definition) is 1. The van der Waals surface area contributed by atoms with Crippen molar-refractivity contribution in [3.05, 3.63) is 59.7 Å². The molecule has 2 heterocycles. The van der Waals surface area contributed by atoms with Gasteiger partial charge in [0.2, 0.25) is 5.91 Å². The van der Waals surface area contributed by atoms with Crippen molar-refractivity contribution < 1.29 is 19.1 Å². The first-order chi connectivity index (χ1) is 15.6. The molecule has 2 unspecified atom stereocenters. The molecule has 2 aliphatic heterocycles. The van der Waals surface area contributed by atoms with Gasteiger partial charge in [0, 0.05) is 18.7 Å². The number of carbonyl (C=O) groups excluding carboxylic acids is 2. The molecule has 2 fully saturated rings. The topological polar surface area (TPSA) is 67.9 Å². The van der Waals surface area contributed by atoms with Gasteiger partial charge in [0.1, 0.15) is 5.75 Å². The number of nitrogens with one attached hydrogen (secondary N) is 1. The van der Waals surface area contributed by atoms with Crippen LogP contribution in [0.4, 0.5) is 5.69 Å². The van der Waals surface area contributed by atoms with E-state index in [9.17, 15) is 9.59 Å². The predicted octanol–water partition coefficient (Wildman–Crippen LogP) is 4.37. The molecule has 1 spiro atoms. The van der Waals surface area contributed by atoms with Crippen molar-refractivity contribution in [2.45, 2.75) is 56.1 Å². The van der Waals surface area contributed by atoms with Crippen molar-refractivity contribution in [1.29, 1.82) is 0 Å². The Morgan fingerprint density at radius 3 is 2.62 bits per heavy atom. The highest BCUT2D eigenvalue weighted by atomic mass is 16.5. The van der Waals surface area contributed by atoms with Crippen molar-refractivity contribution in [2.24, 2.45) is 0 Å². The lowest BCUT2D eigenvalue weighted by atomic mass is 9.71. The molecule has 168 valence electrons. The quantitative estimate of drug-likeness (QED) is 0.759. The van der Waals surface area contributed by atoms with Crippen molar-refractivity contribution in [2.75, 3.05) is 25.6 Å². The van der Waals surface area contributed by atoms with E-state index in [4.69, 9.17) is 9.47 Å². The molecule has 1 N–H and O–H groups in total. The number of methoxy groups -OCH3 is 1. The van der Waals surface area contributed by atoms with Crippen LogP contribution in [0.2, 0.25) is 0 Å². The monoisotopic (exact) mass is 434 g/mol. The minimum atomic E-state index is -0.524. The zero-order chi connectivity index (χ0) is 22.1. The molecule has 1 aliphatic carbocycles. The molecule has 2 amide bonds. The van der Waals surface area contributed by atoms with Gasteiger partial charge in [-0.3, -0.25) is 9.59 Å². The molecule has 0 aromatic heterocycles. The highest BCUT2D eigenvalue weighted by Crippen LogP contribution is 2.51. The molecule has 2 aromatic rings. The molecule has 2 aromatic carbocycles. The van der Waals surface area contributed by atoms with Crippen molar-refractivity contribution in [3.63, 3.8) is 0 Å². The standard InChI is InChI=1S/C26H30N2O4/c1-31-22-13-5-4-12-21(22)27-24(29)23-19-10-2-3-11-20(19)25(30)28(17-18-9-8-16-32-18)26(23)14-6-7-15-26/h2-5,10-13,18,23H,6-9,14-17H2,1H3,(H,27,29). The van der Waals surface area contributed by atoms with Crippen LogP contribution in [0.25, 0.3) is 0 Å². The Labute approximate surface area is 188 Å². The Hall–Kier alpha value is -2.86. The summed E-state index contributed by atoms with van der Waals surface area (Å²) >= 11 is 0. The van der Waals surface area contributed by atoms with Gasteiger partial charge in [0.15, 0.2) is 0 Å². The van der Waals surface area contributed by atoms with Gasteiger partial charge in [0.05, 0.1) is 30.4 Å². The summed E-state index contributed by atoms with van der Waals surface area (Å²) in [6.07, 6.45) is 5.69. The molecule has 6 nitrogen and oxygen atoms in total. The Bertz CT molecular complexity index is 1010. The second-order valence-electron chi connectivity index (χ2n) is 9.07. The van der Waals surface area contributed by atoms with Gasteiger partial charge < -0.3 is 19.7 Å². The summed E-state index contributed by atoms with van der Waals surface area (Å²) in [6, 6.07) is 15.0. The number of para-hydroxylation sites is 2. The Morgan fingerprint density at radius 2 is 1.88 bits per heavy atom. The second-order valence-corrected chi connectivity index (χ2v) is 9.07. The van der Waals surface area contributed by atoms with Crippen LogP contribution in [-0.2, 0) is 9.53 Å². The third-order valence-electron chi connectivity index (χ3n) is 7.33. The Kier molecular flexibility index (Phi) is 5.64. The number of amides is 2. The highest BCUT2D eigenvalue weighted by molar-refractivity contribution is 6.05. The van der Waals surface area contributed by atoms with Crippen LogP contribution >= 0.6 is 0 Å². The van der Waals surface area contributed by atoms with Gasteiger partial charge in [-0.05, 0) is 49.4 Å². The number of nitrogens with zero attached hydrogens (tertiary/aromatic N) is 1. The third-order valence-corrected chi connectivity index (χ3v) is 7.33. The summed E-state index contributed by atoms with van der Waals surface area (Å²) in [5.74, 6) is 0.121. The van der Waals surface area contributed by atoms with Gasteiger partial charge >= 0.3 is 0 Å². The molecule has 5 rings (SSSR count). The number of rotatable bonds is 5. The van der Waals surface area contributed by atoms with Gasteiger partial charge in [-0.15, -0.1) is 0 Å². The molecule has 6 heteroatoms. The Morgan fingerprint density at radius 1 is 1.12 bits per heavy atom. The molecule has 0 radical (unpaired) electrons. The van der Waals surface area contributed by atoms with Crippen LogP contribution in [0.15, 0.2) is 48.5 Å². The number of fused-ring (bicyclic) bond motifs is 1. The molecule has 1 saturated heterocycles. The maximum Gasteiger partial charge on any atom is 0.254 e. The van der Waals surface area contributed by atoms with E-state index in [1.807, 2.05) is 53.4 Å². The fourth-order valence-electron chi connectivity index (χ4n) is 5.88. The van der Waals surface area contributed by atoms with E-state index in [0.717, 1.165) is 50.7 Å². The molecule has 1 saturated carbocycles. The van der Waals surface area contributed by atoms with E-state index in [1.54, 1.807) is 7.11 Å². The first kappa shape index (κ1) is 21.0. The number of hydrogen-bond acceptors (Lipinski definition) is 4. The summed E-state index contributed by atoms with van der Waals surface area (Å²) in [4.78, 5) is 29.6. The van der Waals surface area contributed by atoms with Crippen molar-refractivity contribution in [1.82, 2.24) is 4.90 Å². The molecular weight excluding hydrogens is 404 g/mol. The van der Waals surface area contributed by atoms with Crippen LogP contribution in [0.3, 0.4) is 0 Å². The summed E-state index contributed by atoms with van der Waals surface area (Å²) in [5.41, 5.74) is 1.58. The first-order valence-corrected chi connectivity index (χ1v) is 11.6. The zero-order valence-corrected chi connectivity index (χ0v) is 18.5. The predicted molar refractivity (Wildman–Crippen MR) is 122 cm³/mol. The van der Waals surface area contributed by atoms with E-state index in [0.29, 0.717) is 23.5 Å². The van der Waals surface area contributed by atoms with E-state index in [1.165, 1.54) is 0 Å². The van der Waals surface area contributed by atoms with Crippen LogP contribution in [0, 0.1) is 0 Å². The molecule has 2 atom stereocenters. The maximum atomic E-state index is 13.9. The zero-order valence-electron chi connectivity index (χ0n) is 18.5. The van der Waals surface area contributed by atoms with Crippen LogP contribution in [0.1, 0.15) is 60.4 Å². The number of benzene rings is 2. The van der Waals surface area contributed by atoms with Crippen molar-refractivity contribution in [3.8, 4) is 5.75 Å². The average molecular weight is 435 g/mol. The van der Waals surface area contributed by atoms with Gasteiger partial charge in [-0.25, -0.2) is 0 Å². The van der Waals surface area contributed by atoms with Gasteiger partial charge in [-0.2, -0.15) is 0 Å². The van der Waals surface area contributed by atoms with Crippen LogP contribution in [0.5, 0.6) is 5.75 Å². The van der Waals surface area contributed by atoms with E-state index >= 15 is 0 Å². The van der Waals surface area contributed by atoms with E-state index in [-0.39, 0.29) is 17.9 Å². The molecular formula is C26H30N2O4. The summed E-state index contributed by atoms with van der Waals surface area (Å²) < 4.78 is 11.4. The average Bonchev–Trinajstić information content (AvgIpc) is 3.50. The minimum Gasteiger partial charge on any atom is -0.495 e. The van der Waals surface area contributed by atoms with Crippen LogP contribution in [-0.4, -0.2) is 48.6 Å². The summed E-state index contributed by atoms with van der Waals surface area (Å²) in [6.45, 7) is 1.29. The fourth-order valence-corrected chi connectivity index (χ4v) is 5.88. The smallest absolute Gasteiger partial charge is 0.254 e. The summed E-state index contributed by atoms with van der Waals surface area (Å²) in [5, 5.41) is 3.12. The minimum absolute atomic E-state index is 0.0272. The largest absolute Gasteiger partial charge is 0.495 e. The van der Waals surface area contributed by atoms with E-state index < -0.39 is 11.5 Å². The summed E-state index contributed by atoms with van der Waals surface area (Å²) in [7, 11) is 1.60. The molecule has 0 bridgehead atoms.